The van der Waals surface area contributed by atoms with Crippen LogP contribution in [0.3, 0.4) is 0 Å². The molecule has 1 fully saturated rings. The molecule has 20 heavy (non-hydrogen) atoms. The highest BCUT2D eigenvalue weighted by atomic mass is 16.1. The number of carbonyl (C=O) groups is 1. The molecule has 0 radical (unpaired) electrons. The number of amides is 1. The number of hydrogen-bond donors (Lipinski definition) is 2. The van der Waals surface area contributed by atoms with Crippen molar-refractivity contribution in [1.82, 2.24) is 10.3 Å². The number of anilines is 1. The summed E-state index contributed by atoms with van der Waals surface area (Å²) in [5, 5.41) is 10.9. The van der Waals surface area contributed by atoms with Crippen molar-refractivity contribution >= 4 is 17.4 Å². The second kappa shape index (κ2) is 4.89. The van der Waals surface area contributed by atoms with Crippen LogP contribution in [-0.4, -0.2) is 29.2 Å². The van der Waals surface area contributed by atoms with Gasteiger partial charge >= 0.3 is 0 Å². The van der Waals surface area contributed by atoms with Gasteiger partial charge in [0, 0.05) is 24.7 Å². The number of hydrogen-bond acceptors (Lipinski definition) is 4. The van der Waals surface area contributed by atoms with Gasteiger partial charge in [0.05, 0.1) is 17.0 Å². The lowest BCUT2D eigenvalue weighted by atomic mass is 10.0. The van der Waals surface area contributed by atoms with E-state index < -0.39 is 0 Å². The molecule has 0 saturated carbocycles. The second-order valence-electron chi connectivity index (χ2n) is 5.55. The Bertz CT molecular complexity index is 581. The molecule has 3 rings (SSSR count). The van der Waals surface area contributed by atoms with Crippen LogP contribution in [0.25, 0.3) is 0 Å². The fourth-order valence-corrected chi connectivity index (χ4v) is 3.04. The van der Waals surface area contributed by atoms with Crippen LogP contribution >= 0.6 is 0 Å². The summed E-state index contributed by atoms with van der Waals surface area (Å²) in [5.74, 6) is 0.805. The van der Waals surface area contributed by atoms with Gasteiger partial charge in [-0.05, 0) is 32.3 Å². The maximum atomic E-state index is 11.9. The normalized spacial score (nSPS) is 21.0. The van der Waals surface area contributed by atoms with Gasteiger partial charge in [-0.2, -0.15) is 0 Å². The van der Waals surface area contributed by atoms with Crippen LogP contribution < -0.4 is 10.2 Å². The summed E-state index contributed by atoms with van der Waals surface area (Å²) in [6.45, 7) is 5.61. The Morgan fingerprint density at radius 3 is 3.05 bits per heavy atom. The minimum atomic E-state index is -0.0411. The summed E-state index contributed by atoms with van der Waals surface area (Å²) >= 11 is 0. The Morgan fingerprint density at radius 2 is 2.40 bits per heavy atom. The first-order valence-electron chi connectivity index (χ1n) is 7.28. The van der Waals surface area contributed by atoms with E-state index in [1.165, 1.54) is 0 Å². The topological polar surface area (TPSA) is 69.1 Å². The third-order valence-corrected chi connectivity index (χ3v) is 4.27. The van der Waals surface area contributed by atoms with Crippen molar-refractivity contribution in [2.75, 3.05) is 11.4 Å². The number of rotatable bonds is 3. The van der Waals surface area contributed by atoms with E-state index in [-0.39, 0.29) is 5.91 Å². The van der Waals surface area contributed by atoms with Gasteiger partial charge in [0.15, 0.2) is 0 Å². The van der Waals surface area contributed by atoms with E-state index in [1.54, 1.807) is 0 Å². The summed E-state index contributed by atoms with van der Waals surface area (Å²) in [6, 6.07) is 2.35. The van der Waals surface area contributed by atoms with Crippen LogP contribution in [0.4, 0.5) is 5.82 Å². The maximum Gasteiger partial charge on any atom is 0.252 e. The summed E-state index contributed by atoms with van der Waals surface area (Å²) < 4.78 is 0. The summed E-state index contributed by atoms with van der Waals surface area (Å²) in [5.41, 5.74) is 2.78. The summed E-state index contributed by atoms with van der Waals surface area (Å²) in [6.07, 6.45) is 2.95. The molecule has 0 aliphatic carbocycles. The minimum absolute atomic E-state index is 0.0411. The molecule has 1 atom stereocenters. The zero-order valence-electron chi connectivity index (χ0n) is 12.0. The van der Waals surface area contributed by atoms with E-state index in [4.69, 9.17) is 10.4 Å². The number of fused-ring (bicyclic) bond motifs is 1. The average Bonchev–Trinajstić information content (AvgIpc) is 3.04. The lowest BCUT2D eigenvalue weighted by Gasteiger charge is -2.24. The molecule has 0 aromatic carbocycles. The molecular formula is C15H20N4O. The molecule has 2 aliphatic rings. The number of pyridine rings is 1. The zero-order valence-corrected chi connectivity index (χ0v) is 12.0. The standard InChI is InChI=1S/C15H20N4O/c1-3-12(16)14-11-8-17-15(20)10(11)7-13(18-14)19-6-4-5-9(19)2/h7,9,16H,3-6,8H2,1-2H3,(H,17,20)/t9-/m1/s1. The van der Waals surface area contributed by atoms with Crippen molar-refractivity contribution in [2.24, 2.45) is 0 Å². The fourth-order valence-electron chi connectivity index (χ4n) is 3.04. The van der Waals surface area contributed by atoms with Crippen molar-refractivity contribution in [3.05, 3.63) is 22.9 Å². The predicted molar refractivity (Wildman–Crippen MR) is 78.6 cm³/mol. The second-order valence-corrected chi connectivity index (χ2v) is 5.55. The van der Waals surface area contributed by atoms with E-state index in [9.17, 15) is 4.79 Å². The quantitative estimate of drug-likeness (QED) is 0.828. The highest BCUT2D eigenvalue weighted by molar-refractivity contribution is 6.05. The van der Waals surface area contributed by atoms with E-state index in [2.05, 4.69) is 17.1 Å². The first kappa shape index (κ1) is 13.1. The highest BCUT2D eigenvalue weighted by Gasteiger charge is 2.29. The maximum absolute atomic E-state index is 11.9. The third kappa shape index (κ3) is 1.97. The molecule has 0 unspecified atom stereocenters. The molecule has 106 valence electrons. The van der Waals surface area contributed by atoms with E-state index in [0.29, 0.717) is 36.0 Å². The molecule has 3 heterocycles. The number of nitrogens with one attached hydrogen (secondary N) is 2. The van der Waals surface area contributed by atoms with Crippen molar-refractivity contribution < 1.29 is 4.79 Å². The van der Waals surface area contributed by atoms with Crippen LogP contribution in [0.2, 0.25) is 0 Å². The molecule has 2 N–H and O–H groups in total. The minimum Gasteiger partial charge on any atom is -0.354 e. The van der Waals surface area contributed by atoms with Crippen LogP contribution in [0.1, 0.15) is 54.7 Å². The monoisotopic (exact) mass is 272 g/mol. The fraction of sp³-hybridized carbons (Fsp3) is 0.533. The number of nitrogens with zero attached hydrogens (tertiary/aromatic N) is 2. The number of aromatic nitrogens is 1. The molecule has 1 amide bonds. The average molecular weight is 272 g/mol. The molecule has 0 spiro atoms. The molecule has 2 aliphatic heterocycles. The first-order chi connectivity index (χ1) is 9.61. The first-order valence-corrected chi connectivity index (χ1v) is 7.28. The highest BCUT2D eigenvalue weighted by Crippen LogP contribution is 2.29. The van der Waals surface area contributed by atoms with E-state index in [0.717, 1.165) is 30.8 Å². The molecule has 1 aromatic rings. The number of carbonyl (C=O) groups excluding carboxylic acids is 1. The van der Waals surface area contributed by atoms with Gasteiger partial charge in [-0.25, -0.2) is 4.98 Å². The van der Waals surface area contributed by atoms with Gasteiger partial charge in [-0.15, -0.1) is 0 Å². The van der Waals surface area contributed by atoms with E-state index in [1.807, 2.05) is 13.0 Å². The molecule has 1 saturated heterocycles. The van der Waals surface area contributed by atoms with Gasteiger partial charge in [0.1, 0.15) is 5.82 Å². The molecule has 1 aromatic heterocycles. The molecule has 5 nitrogen and oxygen atoms in total. The smallest absolute Gasteiger partial charge is 0.252 e. The largest absolute Gasteiger partial charge is 0.354 e. The molecule has 0 bridgehead atoms. The van der Waals surface area contributed by atoms with Crippen molar-refractivity contribution in [3.63, 3.8) is 0 Å². The summed E-state index contributed by atoms with van der Waals surface area (Å²) in [7, 11) is 0. The Labute approximate surface area is 118 Å². The molecular weight excluding hydrogens is 252 g/mol. The zero-order chi connectivity index (χ0) is 14.3. The van der Waals surface area contributed by atoms with Crippen LogP contribution in [0, 0.1) is 5.41 Å². The predicted octanol–water partition coefficient (Wildman–Crippen LogP) is 2.09. The van der Waals surface area contributed by atoms with Gasteiger partial charge in [0.25, 0.3) is 5.91 Å². The summed E-state index contributed by atoms with van der Waals surface area (Å²) in [4.78, 5) is 18.9. The van der Waals surface area contributed by atoms with Gasteiger partial charge in [-0.3, -0.25) is 4.79 Å². The lowest BCUT2D eigenvalue weighted by molar-refractivity contribution is 0.0965. The van der Waals surface area contributed by atoms with Crippen molar-refractivity contribution in [2.45, 2.75) is 45.7 Å². The SMILES string of the molecule is CCC(=N)c1nc(N2CCC[C@H]2C)cc2c1CNC2=O. The van der Waals surface area contributed by atoms with Crippen LogP contribution in [0.15, 0.2) is 6.07 Å². The lowest BCUT2D eigenvalue weighted by Crippen LogP contribution is -2.28. The Balaban J connectivity index is 2.10. The van der Waals surface area contributed by atoms with Crippen LogP contribution in [0.5, 0.6) is 0 Å². The van der Waals surface area contributed by atoms with Gasteiger partial charge in [0.2, 0.25) is 0 Å². The van der Waals surface area contributed by atoms with Crippen LogP contribution in [-0.2, 0) is 6.54 Å². The Morgan fingerprint density at radius 1 is 1.60 bits per heavy atom. The van der Waals surface area contributed by atoms with Gasteiger partial charge < -0.3 is 15.6 Å². The van der Waals surface area contributed by atoms with Crippen molar-refractivity contribution in [3.8, 4) is 0 Å². The third-order valence-electron chi connectivity index (χ3n) is 4.27. The van der Waals surface area contributed by atoms with Crippen molar-refractivity contribution in [1.29, 1.82) is 5.41 Å². The van der Waals surface area contributed by atoms with E-state index >= 15 is 0 Å². The Kier molecular flexibility index (Phi) is 3.20. The van der Waals surface area contributed by atoms with Gasteiger partial charge in [-0.1, -0.05) is 6.92 Å². The molecule has 5 heteroatoms. The Hall–Kier alpha value is -1.91.